The number of likely N-dealkylation sites (tertiary alicyclic amines) is 1. The van der Waals surface area contributed by atoms with Crippen LogP contribution >= 0.6 is 0 Å². The quantitative estimate of drug-likeness (QED) is 0.786. The van der Waals surface area contributed by atoms with E-state index in [1.54, 1.807) is 35.0 Å². The Kier molecular flexibility index (Phi) is 5.53. The number of fused-ring (bicyclic) bond motifs is 1. The molecule has 5 heteroatoms. The van der Waals surface area contributed by atoms with Crippen LogP contribution in [0.25, 0.3) is 10.8 Å². The van der Waals surface area contributed by atoms with Crippen molar-refractivity contribution >= 4 is 16.7 Å². The van der Waals surface area contributed by atoms with E-state index in [0.29, 0.717) is 17.7 Å². The topological polar surface area (TPSA) is 51.5 Å². The summed E-state index contributed by atoms with van der Waals surface area (Å²) in [6, 6.07) is 7.22. The Hall–Kier alpha value is -2.56. The van der Waals surface area contributed by atoms with Crippen LogP contribution in [-0.4, -0.2) is 35.1 Å². The zero-order valence-electron chi connectivity index (χ0n) is 14.4. The van der Waals surface area contributed by atoms with Crippen molar-refractivity contribution in [2.75, 3.05) is 19.7 Å². The number of allylic oxidation sites excluding steroid dienone is 1. The van der Waals surface area contributed by atoms with Crippen molar-refractivity contribution in [3.05, 3.63) is 53.5 Å². The minimum Gasteiger partial charge on any atom is -0.483 e. The van der Waals surface area contributed by atoms with Gasteiger partial charge in [-0.05, 0) is 31.0 Å². The molecule has 1 aromatic carbocycles. The maximum absolute atomic E-state index is 12.5. The number of benzene rings is 1. The lowest BCUT2D eigenvalue weighted by Crippen LogP contribution is -2.35. The van der Waals surface area contributed by atoms with Crippen molar-refractivity contribution < 1.29 is 9.53 Å². The van der Waals surface area contributed by atoms with Crippen LogP contribution < -0.4 is 10.3 Å². The molecular formula is C20H24N2O3. The summed E-state index contributed by atoms with van der Waals surface area (Å²) in [6.45, 7) is 5.76. The summed E-state index contributed by atoms with van der Waals surface area (Å²) in [5, 5.41) is 1.32. The molecule has 1 amide bonds. The zero-order chi connectivity index (χ0) is 17.6. The first-order valence-electron chi connectivity index (χ1n) is 8.84. The lowest BCUT2D eigenvalue weighted by Gasteiger charge is -2.20. The number of hydrogen-bond acceptors (Lipinski definition) is 3. The predicted octanol–water partition coefficient (Wildman–Crippen LogP) is 2.97. The van der Waals surface area contributed by atoms with Gasteiger partial charge < -0.3 is 14.2 Å². The third kappa shape index (κ3) is 3.92. The molecule has 0 atom stereocenters. The summed E-state index contributed by atoms with van der Waals surface area (Å²) >= 11 is 0. The number of amides is 1. The molecular weight excluding hydrogens is 316 g/mol. The van der Waals surface area contributed by atoms with Crippen LogP contribution in [0.4, 0.5) is 0 Å². The summed E-state index contributed by atoms with van der Waals surface area (Å²) in [4.78, 5) is 26.8. The van der Waals surface area contributed by atoms with Gasteiger partial charge in [-0.3, -0.25) is 9.59 Å². The number of ether oxygens (including phenoxy) is 1. The molecule has 2 heterocycles. The van der Waals surface area contributed by atoms with Gasteiger partial charge >= 0.3 is 0 Å². The molecule has 0 bridgehead atoms. The van der Waals surface area contributed by atoms with Gasteiger partial charge in [-0.15, -0.1) is 6.58 Å². The summed E-state index contributed by atoms with van der Waals surface area (Å²) in [6.07, 6.45) is 7.91. The van der Waals surface area contributed by atoms with Crippen LogP contribution in [0, 0.1) is 0 Å². The van der Waals surface area contributed by atoms with Gasteiger partial charge in [-0.25, -0.2) is 0 Å². The molecule has 132 valence electrons. The molecule has 1 aliphatic heterocycles. The molecule has 3 rings (SSSR count). The Balaban J connectivity index is 1.77. The maximum atomic E-state index is 12.5. The number of aromatic nitrogens is 1. The molecule has 25 heavy (non-hydrogen) atoms. The predicted molar refractivity (Wildman–Crippen MR) is 98.9 cm³/mol. The first-order valence-corrected chi connectivity index (χ1v) is 8.84. The number of rotatable bonds is 5. The van der Waals surface area contributed by atoms with E-state index in [0.717, 1.165) is 31.3 Å². The Morgan fingerprint density at radius 1 is 1.12 bits per heavy atom. The average Bonchev–Trinajstić information content (AvgIpc) is 2.92. The second-order valence-electron chi connectivity index (χ2n) is 6.36. The van der Waals surface area contributed by atoms with Gasteiger partial charge in [-0.2, -0.15) is 0 Å². The van der Waals surface area contributed by atoms with E-state index < -0.39 is 0 Å². The molecule has 0 aliphatic carbocycles. The standard InChI is InChI=1S/C20H24N2O3/c1-2-11-22-14-10-16-17(20(22)24)8-7-9-18(16)25-15-19(23)21-12-5-3-4-6-13-21/h2,7-10,14H,1,3-6,11-13,15H2. The minimum absolute atomic E-state index is 0.00879. The van der Waals surface area contributed by atoms with E-state index in [1.165, 1.54) is 12.8 Å². The molecule has 1 aromatic heterocycles. The highest BCUT2D eigenvalue weighted by atomic mass is 16.5. The van der Waals surface area contributed by atoms with Gasteiger partial charge in [0.25, 0.3) is 11.5 Å². The molecule has 0 N–H and O–H groups in total. The van der Waals surface area contributed by atoms with E-state index in [-0.39, 0.29) is 18.1 Å². The van der Waals surface area contributed by atoms with Gasteiger partial charge in [0.1, 0.15) is 5.75 Å². The van der Waals surface area contributed by atoms with E-state index in [9.17, 15) is 9.59 Å². The first kappa shape index (κ1) is 17.3. The van der Waals surface area contributed by atoms with Crippen LogP contribution in [0.3, 0.4) is 0 Å². The fraction of sp³-hybridized carbons (Fsp3) is 0.400. The summed E-state index contributed by atoms with van der Waals surface area (Å²) in [5.41, 5.74) is -0.0818. The van der Waals surface area contributed by atoms with E-state index >= 15 is 0 Å². The van der Waals surface area contributed by atoms with E-state index in [1.807, 2.05) is 11.0 Å². The van der Waals surface area contributed by atoms with E-state index in [4.69, 9.17) is 4.74 Å². The zero-order valence-corrected chi connectivity index (χ0v) is 14.4. The van der Waals surface area contributed by atoms with Crippen molar-refractivity contribution in [3.63, 3.8) is 0 Å². The van der Waals surface area contributed by atoms with Crippen molar-refractivity contribution in [3.8, 4) is 5.75 Å². The van der Waals surface area contributed by atoms with Crippen LogP contribution in [-0.2, 0) is 11.3 Å². The largest absolute Gasteiger partial charge is 0.483 e. The number of carbonyl (C=O) groups excluding carboxylic acids is 1. The fourth-order valence-corrected chi connectivity index (χ4v) is 3.25. The summed E-state index contributed by atoms with van der Waals surface area (Å²) in [5.74, 6) is 0.586. The highest BCUT2D eigenvalue weighted by molar-refractivity contribution is 5.88. The van der Waals surface area contributed by atoms with Crippen LogP contribution in [0.5, 0.6) is 5.75 Å². The Bertz CT molecular complexity index is 817. The highest BCUT2D eigenvalue weighted by Crippen LogP contribution is 2.23. The third-order valence-corrected chi connectivity index (χ3v) is 4.61. The molecule has 0 spiro atoms. The third-order valence-electron chi connectivity index (χ3n) is 4.61. The van der Waals surface area contributed by atoms with Gasteiger partial charge in [0.2, 0.25) is 0 Å². The van der Waals surface area contributed by atoms with Crippen molar-refractivity contribution in [2.24, 2.45) is 0 Å². The number of nitrogens with zero attached hydrogens (tertiary/aromatic N) is 2. The molecule has 0 radical (unpaired) electrons. The lowest BCUT2D eigenvalue weighted by molar-refractivity contribution is -0.133. The number of hydrogen-bond donors (Lipinski definition) is 0. The highest BCUT2D eigenvalue weighted by Gasteiger charge is 2.16. The molecule has 1 saturated heterocycles. The Labute approximate surface area is 147 Å². The number of pyridine rings is 1. The van der Waals surface area contributed by atoms with Gasteiger partial charge in [0.15, 0.2) is 6.61 Å². The van der Waals surface area contributed by atoms with Crippen LogP contribution in [0.15, 0.2) is 47.9 Å². The minimum atomic E-state index is -0.0818. The first-order chi connectivity index (χ1) is 12.2. The summed E-state index contributed by atoms with van der Waals surface area (Å²) < 4.78 is 7.37. The smallest absolute Gasteiger partial charge is 0.260 e. The lowest BCUT2D eigenvalue weighted by atomic mass is 10.1. The monoisotopic (exact) mass is 340 g/mol. The second kappa shape index (κ2) is 8.01. The van der Waals surface area contributed by atoms with E-state index in [2.05, 4.69) is 6.58 Å². The molecule has 1 aliphatic rings. The Morgan fingerprint density at radius 3 is 2.60 bits per heavy atom. The summed E-state index contributed by atoms with van der Waals surface area (Å²) in [7, 11) is 0. The van der Waals surface area contributed by atoms with Crippen molar-refractivity contribution in [1.82, 2.24) is 9.47 Å². The SMILES string of the molecule is C=CCn1ccc2c(OCC(=O)N3CCCCCC3)cccc2c1=O. The average molecular weight is 340 g/mol. The number of carbonyl (C=O) groups is 1. The maximum Gasteiger partial charge on any atom is 0.260 e. The molecule has 1 fully saturated rings. The van der Waals surface area contributed by atoms with Crippen LogP contribution in [0.1, 0.15) is 25.7 Å². The van der Waals surface area contributed by atoms with Gasteiger partial charge in [0, 0.05) is 31.2 Å². The van der Waals surface area contributed by atoms with Crippen molar-refractivity contribution in [2.45, 2.75) is 32.2 Å². The van der Waals surface area contributed by atoms with Gasteiger partial charge in [0.05, 0.1) is 5.39 Å². The Morgan fingerprint density at radius 2 is 1.88 bits per heavy atom. The molecule has 0 saturated carbocycles. The normalized spacial score (nSPS) is 15.0. The molecule has 0 unspecified atom stereocenters. The van der Waals surface area contributed by atoms with Gasteiger partial charge in [-0.1, -0.05) is 25.0 Å². The van der Waals surface area contributed by atoms with Crippen LogP contribution in [0.2, 0.25) is 0 Å². The second-order valence-corrected chi connectivity index (χ2v) is 6.36. The fourth-order valence-electron chi connectivity index (χ4n) is 3.25. The molecule has 2 aromatic rings. The molecule has 5 nitrogen and oxygen atoms in total. The van der Waals surface area contributed by atoms with Crippen molar-refractivity contribution in [1.29, 1.82) is 0 Å².